The van der Waals surface area contributed by atoms with Crippen molar-refractivity contribution in [1.29, 1.82) is 0 Å². The second-order valence-corrected chi connectivity index (χ2v) is 5.22. The normalized spacial score (nSPS) is 10.7. The molecule has 126 valence electrons. The number of hydrogen-bond acceptors (Lipinski definition) is 3. The number of ether oxygens (including phenoxy) is 1. The number of carboxylic acid groups (broad SMARTS) is 1. The highest BCUT2D eigenvalue weighted by molar-refractivity contribution is 5.92. The molecule has 2 N–H and O–H groups in total. The Balaban J connectivity index is 2.33. The number of unbranched alkanes of at least 4 members (excludes halogenated alkanes) is 2. The van der Waals surface area contributed by atoms with E-state index < -0.39 is 5.97 Å². The highest BCUT2D eigenvalue weighted by Gasteiger charge is 2.01. The highest BCUT2D eigenvalue weighted by atomic mass is 16.5. The fourth-order valence-electron chi connectivity index (χ4n) is 1.98. The maximum absolute atomic E-state index is 11.7. The molecule has 1 amide bonds. The average molecular weight is 319 g/mol. The molecule has 5 nitrogen and oxygen atoms in total. The molecule has 0 unspecified atom stereocenters. The third kappa shape index (κ3) is 8.66. The fraction of sp³-hybridized carbons (Fsp3) is 0.444. The van der Waals surface area contributed by atoms with Crippen LogP contribution in [0.15, 0.2) is 30.3 Å². The second kappa shape index (κ2) is 11.3. The molecular formula is C18H25NO4. The van der Waals surface area contributed by atoms with Crippen LogP contribution in [0.4, 0.5) is 0 Å². The van der Waals surface area contributed by atoms with Gasteiger partial charge < -0.3 is 15.2 Å². The molecular weight excluding hydrogens is 294 g/mol. The van der Waals surface area contributed by atoms with Crippen LogP contribution in [-0.2, 0) is 9.59 Å². The van der Waals surface area contributed by atoms with Crippen molar-refractivity contribution in [1.82, 2.24) is 5.32 Å². The quantitative estimate of drug-likeness (QED) is 0.485. The van der Waals surface area contributed by atoms with E-state index in [1.54, 1.807) is 6.08 Å². The van der Waals surface area contributed by atoms with Crippen molar-refractivity contribution >= 4 is 18.0 Å². The summed E-state index contributed by atoms with van der Waals surface area (Å²) in [6.07, 6.45) is 6.56. The number of carbonyl (C=O) groups excluding carboxylic acids is 1. The molecule has 1 rings (SSSR count). The van der Waals surface area contributed by atoms with E-state index >= 15 is 0 Å². The number of aliphatic carboxylic acids is 1. The van der Waals surface area contributed by atoms with Crippen molar-refractivity contribution in [3.05, 3.63) is 35.9 Å². The third-order valence-electron chi connectivity index (χ3n) is 3.16. The first kappa shape index (κ1) is 18.7. The monoisotopic (exact) mass is 319 g/mol. The lowest BCUT2D eigenvalue weighted by molar-refractivity contribution is -0.137. The lowest BCUT2D eigenvalue weighted by Crippen LogP contribution is -2.22. The smallest absolute Gasteiger partial charge is 0.303 e. The minimum absolute atomic E-state index is 0.159. The number of rotatable bonds is 11. The fourth-order valence-corrected chi connectivity index (χ4v) is 1.98. The van der Waals surface area contributed by atoms with Gasteiger partial charge in [-0.25, -0.2) is 0 Å². The van der Waals surface area contributed by atoms with Crippen LogP contribution in [0.3, 0.4) is 0 Å². The lowest BCUT2D eigenvalue weighted by Gasteiger charge is -2.07. The number of benzene rings is 1. The minimum atomic E-state index is -0.777. The van der Waals surface area contributed by atoms with Crippen LogP contribution >= 0.6 is 0 Å². The van der Waals surface area contributed by atoms with E-state index in [-0.39, 0.29) is 12.3 Å². The Hall–Kier alpha value is -2.30. The predicted octanol–water partition coefficient (Wildman–Crippen LogP) is 3.25. The summed E-state index contributed by atoms with van der Waals surface area (Å²) < 4.78 is 5.63. The van der Waals surface area contributed by atoms with Gasteiger partial charge in [0.2, 0.25) is 5.91 Å². The number of para-hydroxylation sites is 1. The SMILES string of the molecule is CCCOc1ccccc1/C=C/C(=O)NCCCCCC(=O)O. The zero-order valence-corrected chi connectivity index (χ0v) is 13.6. The van der Waals surface area contributed by atoms with Crippen LogP contribution in [0.2, 0.25) is 0 Å². The summed E-state index contributed by atoms with van der Waals surface area (Å²) in [6.45, 7) is 3.24. The highest BCUT2D eigenvalue weighted by Crippen LogP contribution is 2.19. The maximum Gasteiger partial charge on any atom is 0.303 e. The van der Waals surface area contributed by atoms with Gasteiger partial charge in [-0.2, -0.15) is 0 Å². The second-order valence-electron chi connectivity index (χ2n) is 5.22. The Kier molecular flexibility index (Phi) is 9.20. The van der Waals surface area contributed by atoms with Gasteiger partial charge in [-0.1, -0.05) is 31.5 Å². The first-order chi connectivity index (χ1) is 11.1. The molecule has 0 atom stereocenters. The third-order valence-corrected chi connectivity index (χ3v) is 3.16. The molecule has 0 aliphatic heterocycles. The van der Waals surface area contributed by atoms with Crippen molar-refractivity contribution in [3.63, 3.8) is 0 Å². The Bertz CT molecular complexity index is 526. The summed E-state index contributed by atoms with van der Waals surface area (Å²) in [6, 6.07) is 7.59. The molecule has 0 bridgehead atoms. The summed E-state index contributed by atoms with van der Waals surface area (Å²) in [5.41, 5.74) is 0.873. The van der Waals surface area contributed by atoms with Crippen LogP contribution in [-0.4, -0.2) is 30.1 Å². The van der Waals surface area contributed by atoms with Crippen LogP contribution < -0.4 is 10.1 Å². The van der Waals surface area contributed by atoms with Crippen LogP contribution in [0, 0.1) is 0 Å². The Morgan fingerprint density at radius 2 is 2.00 bits per heavy atom. The lowest BCUT2D eigenvalue weighted by atomic mass is 10.2. The Morgan fingerprint density at radius 3 is 2.74 bits per heavy atom. The molecule has 5 heteroatoms. The summed E-state index contributed by atoms with van der Waals surface area (Å²) in [4.78, 5) is 22.1. The van der Waals surface area contributed by atoms with Gasteiger partial charge in [0.15, 0.2) is 0 Å². The van der Waals surface area contributed by atoms with Gasteiger partial charge >= 0.3 is 5.97 Å². The standard InChI is InChI=1S/C18H25NO4/c1-2-14-23-16-9-6-5-8-15(16)11-12-17(20)19-13-7-3-4-10-18(21)22/h5-6,8-9,11-12H,2-4,7,10,13-14H2,1H3,(H,19,20)(H,21,22)/b12-11+. The molecule has 0 spiro atoms. The maximum atomic E-state index is 11.7. The molecule has 23 heavy (non-hydrogen) atoms. The topological polar surface area (TPSA) is 75.6 Å². The largest absolute Gasteiger partial charge is 0.493 e. The number of nitrogens with one attached hydrogen (secondary N) is 1. The first-order valence-electron chi connectivity index (χ1n) is 8.03. The molecule has 0 saturated carbocycles. The average Bonchev–Trinajstić information content (AvgIpc) is 2.54. The van der Waals surface area contributed by atoms with Gasteiger partial charge in [0.05, 0.1) is 6.61 Å². The van der Waals surface area contributed by atoms with Crippen molar-refractivity contribution in [2.45, 2.75) is 39.0 Å². The number of hydrogen-bond donors (Lipinski definition) is 2. The van der Waals surface area contributed by atoms with Gasteiger partial charge in [0, 0.05) is 24.6 Å². The molecule has 0 fully saturated rings. The molecule has 0 heterocycles. The molecule has 0 radical (unpaired) electrons. The molecule has 0 aromatic heterocycles. The zero-order valence-electron chi connectivity index (χ0n) is 13.6. The zero-order chi connectivity index (χ0) is 16.9. The van der Waals surface area contributed by atoms with E-state index in [4.69, 9.17) is 9.84 Å². The van der Waals surface area contributed by atoms with Gasteiger partial charge in [-0.3, -0.25) is 9.59 Å². The Labute approximate surface area is 137 Å². The van der Waals surface area contributed by atoms with E-state index in [0.29, 0.717) is 19.6 Å². The molecule has 0 saturated heterocycles. The van der Waals surface area contributed by atoms with Gasteiger partial charge in [0.1, 0.15) is 5.75 Å². The van der Waals surface area contributed by atoms with Crippen molar-refractivity contribution in [2.24, 2.45) is 0 Å². The van der Waals surface area contributed by atoms with Crippen molar-refractivity contribution < 1.29 is 19.4 Å². The van der Waals surface area contributed by atoms with Crippen molar-refractivity contribution in [2.75, 3.05) is 13.2 Å². The molecule has 0 aliphatic carbocycles. The van der Waals surface area contributed by atoms with E-state index in [9.17, 15) is 9.59 Å². The Morgan fingerprint density at radius 1 is 1.22 bits per heavy atom. The van der Waals surface area contributed by atoms with Gasteiger partial charge in [-0.15, -0.1) is 0 Å². The summed E-state index contributed by atoms with van der Waals surface area (Å²) >= 11 is 0. The van der Waals surface area contributed by atoms with Crippen molar-refractivity contribution in [3.8, 4) is 5.75 Å². The van der Waals surface area contributed by atoms with E-state index in [2.05, 4.69) is 5.32 Å². The number of carbonyl (C=O) groups is 2. The molecule has 0 aliphatic rings. The van der Waals surface area contributed by atoms with Crippen LogP contribution in [0.1, 0.15) is 44.6 Å². The summed E-state index contributed by atoms with van der Waals surface area (Å²) in [7, 11) is 0. The van der Waals surface area contributed by atoms with Crippen LogP contribution in [0.25, 0.3) is 6.08 Å². The first-order valence-corrected chi connectivity index (χ1v) is 8.03. The van der Waals surface area contributed by atoms with E-state index in [1.807, 2.05) is 31.2 Å². The molecule has 1 aromatic rings. The van der Waals surface area contributed by atoms with E-state index in [0.717, 1.165) is 30.6 Å². The van der Waals surface area contributed by atoms with Gasteiger partial charge in [0.25, 0.3) is 0 Å². The number of amides is 1. The predicted molar refractivity (Wildman–Crippen MR) is 90.4 cm³/mol. The van der Waals surface area contributed by atoms with Gasteiger partial charge in [-0.05, 0) is 31.4 Å². The van der Waals surface area contributed by atoms with E-state index in [1.165, 1.54) is 6.08 Å². The summed E-state index contributed by atoms with van der Waals surface area (Å²) in [5, 5.41) is 11.3. The molecule has 1 aromatic carbocycles. The van der Waals surface area contributed by atoms with Crippen LogP contribution in [0.5, 0.6) is 5.75 Å². The number of carboxylic acids is 1. The summed E-state index contributed by atoms with van der Waals surface area (Å²) in [5.74, 6) is -0.165. The minimum Gasteiger partial charge on any atom is -0.493 e.